The average molecular weight is 294 g/mol. The standard InChI is InChI=1S/C20H22O2/c1-2-20(11-13-21-14-12-20)18-9-6-10-19(15-18)22-16-17-7-4-3-5-8-17/h2-10,15H,1,11-14,16H2. The van der Waals surface area contributed by atoms with Crippen molar-refractivity contribution in [2.45, 2.75) is 24.9 Å². The number of hydrogen-bond donors (Lipinski definition) is 0. The van der Waals surface area contributed by atoms with E-state index in [0.717, 1.165) is 31.8 Å². The van der Waals surface area contributed by atoms with Gasteiger partial charge in [-0.15, -0.1) is 6.58 Å². The molecule has 2 heteroatoms. The van der Waals surface area contributed by atoms with Crippen LogP contribution in [0.15, 0.2) is 67.3 Å². The van der Waals surface area contributed by atoms with Crippen LogP contribution in [0.25, 0.3) is 0 Å². The maximum Gasteiger partial charge on any atom is 0.120 e. The van der Waals surface area contributed by atoms with Crippen LogP contribution in [0.2, 0.25) is 0 Å². The van der Waals surface area contributed by atoms with Crippen LogP contribution in [-0.4, -0.2) is 13.2 Å². The molecule has 2 aromatic rings. The third kappa shape index (κ3) is 3.23. The molecular formula is C20H22O2. The van der Waals surface area contributed by atoms with Gasteiger partial charge in [-0.3, -0.25) is 0 Å². The average Bonchev–Trinajstić information content (AvgIpc) is 2.62. The summed E-state index contributed by atoms with van der Waals surface area (Å²) in [4.78, 5) is 0. The van der Waals surface area contributed by atoms with E-state index < -0.39 is 0 Å². The highest BCUT2D eigenvalue weighted by Gasteiger charge is 2.31. The molecule has 2 aromatic carbocycles. The minimum absolute atomic E-state index is 0.0182. The van der Waals surface area contributed by atoms with Crippen LogP contribution in [0, 0.1) is 0 Å². The Morgan fingerprint density at radius 2 is 1.82 bits per heavy atom. The number of hydrogen-bond acceptors (Lipinski definition) is 2. The summed E-state index contributed by atoms with van der Waals surface area (Å²) in [5.41, 5.74) is 2.47. The van der Waals surface area contributed by atoms with E-state index in [4.69, 9.17) is 9.47 Å². The first-order valence-electron chi connectivity index (χ1n) is 7.81. The quantitative estimate of drug-likeness (QED) is 0.756. The molecule has 0 aromatic heterocycles. The van der Waals surface area contributed by atoms with Crippen LogP contribution in [0.1, 0.15) is 24.0 Å². The van der Waals surface area contributed by atoms with Gasteiger partial charge in [0, 0.05) is 18.6 Å². The Labute approximate surface area is 132 Å². The molecule has 114 valence electrons. The fourth-order valence-electron chi connectivity index (χ4n) is 2.98. The van der Waals surface area contributed by atoms with Crippen LogP contribution in [-0.2, 0) is 16.8 Å². The first kappa shape index (κ1) is 14.9. The Hall–Kier alpha value is -2.06. The van der Waals surface area contributed by atoms with Crippen molar-refractivity contribution in [3.8, 4) is 5.75 Å². The molecule has 0 saturated carbocycles. The summed E-state index contributed by atoms with van der Waals surface area (Å²) in [5.74, 6) is 0.911. The second-order valence-electron chi connectivity index (χ2n) is 5.77. The summed E-state index contributed by atoms with van der Waals surface area (Å²) in [6, 6.07) is 18.6. The zero-order valence-corrected chi connectivity index (χ0v) is 12.8. The summed E-state index contributed by atoms with van der Waals surface area (Å²) in [7, 11) is 0. The molecule has 0 amide bonds. The molecule has 1 saturated heterocycles. The largest absolute Gasteiger partial charge is 0.489 e. The molecule has 22 heavy (non-hydrogen) atoms. The van der Waals surface area contributed by atoms with Crippen molar-refractivity contribution in [2.75, 3.05) is 13.2 Å². The minimum atomic E-state index is 0.0182. The lowest BCUT2D eigenvalue weighted by atomic mass is 9.74. The summed E-state index contributed by atoms with van der Waals surface area (Å²) in [6.07, 6.45) is 4.04. The fraction of sp³-hybridized carbons (Fsp3) is 0.300. The van der Waals surface area contributed by atoms with Crippen molar-refractivity contribution < 1.29 is 9.47 Å². The third-order valence-corrected chi connectivity index (χ3v) is 4.43. The van der Waals surface area contributed by atoms with E-state index in [9.17, 15) is 0 Å². The van der Waals surface area contributed by atoms with Gasteiger partial charge < -0.3 is 9.47 Å². The van der Waals surface area contributed by atoms with Gasteiger partial charge in [0.1, 0.15) is 12.4 Å². The normalized spacial score (nSPS) is 16.9. The van der Waals surface area contributed by atoms with Crippen LogP contribution >= 0.6 is 0 Å². The zero-order valence-electron chi connectivity index (χ0n) is 12.8. The van der Waals surface area contributed by atoms with Gasteiger partial charge in [0.05, 0.1) is 0 Å². The molecule has 1 fully saturated rings. The maximum atomic E-state index is 5.95. The van der Waals surface area contributed by atoms with E-state index in [1.807, 2.05) is 24.3 Å². The maximum absolute atomic E-state index is 5.95. The molecule has 0 atom stereocenters. The highest BCUT2D eigenvalue weighted by Crippen LogP contribution is 2.37. The molecule has 0 radical (unpaired) electrons. The second kappa shape index (κ2) is 6.80. The van der Waals surface area contributed by atoms with Crippen molar-refractivity contribution in [1.82, 2.24) is 0 Å². The molecule has 0 spiro atoms. The second-order valence-corrected chi connectivity index (χ2v) is 5.77. The van der Waals surface area contributed by atoms with E-state index in [1.54, 1.807) is 0 Å². The molecule has 0 unspecified atom stereocenters. The van der Waals surface area contributed by atoms with Crippen molar-refractivity contribution in [1.29, 1.82) is 0 Å². The highest BCUT2D eigenvalue weighted by molar-refractivity contribution is 5.37. The van der Waals surface area contributed by atoms with Gasteiger partial charge >= 0.3 is 0 Å². The molecule has 1 aliphatic rings. The molecule has 1 aliphatic heterocycles. The van der Waals surface area contributed by atoms with Crippen LogP contribution < -0.4 is 4.74 Å². The first-order chi connectivity index (χ1) is 10.8. The van der Waals surface area contributed by atoms with Gasteiger partial charge in [-0.2, -0.15) is 0 Å². The number of rotatable bonds is 5. The Morgan fingerprint density at radius 1 is 1.05 bits per heavy atom. The first-order valence-corrected chi connectivity index (χ1v) is 7.81. The molecule has 1 heterocycles. The molecule has 2 nitrogen and oxygen atoms in total. The van der Waals surface area contributed by atoms with Gasteiger partial charge in [0.15, 0.2) is 0 Å². The predicted octanol–water partition coefficient (Wildman–Crippen LogP) is 4.50. The van der Waals surface area contributed by atoms with Gasteiger partial charge in [-0.1, -0.05) is 48.5 Å². The van der Waals surface area contributed by atoms with Gasteiger partial charge in [-0.05, 0) is 36.1 Å². The van der Waals surface area contributed by atoms with E-state index in [2.05, 4.69) is 43.0 Å². The van der Waals surface area contributed by atoms with Gasteiger partial charge in [0.25, 0.3) is 0 Å². The Balaban J connectivity index is 1.76. The lowest BCUT2D eigenvalue weighted by molar-refractivity contribution is 0.0654. The van der Waals surface area contributed by atoms with Gasteiger partial charge in [0.2, 0.25) is 0 Å². The van der Waals surface area contributed by atoms with Crippen molar-refractivity contribution in [3.63, 3.8) is 0 Å². The molecule has 0 aliphatic carbocycles. The Kier molecular flexibility index (Phi) is 4.59. The van der Waals surface area contributed by atoms with Crippen LogP contribution in [0.3, 0.4) is 0 Å². The summed E-state index contributed by atoms with van der Waals surface area (Å²) < 4.78 is 11.5. The lowest BCUT2D eigenvalue weighted by Gasteiger charge is -2.35. The predicted molar refractivity (Wildman–Crippen MR) is 89.1 cm³/mol. The van der Waals surface area contributed by atoms with E-state index >= 15 is 0 Å². The molecule has 0 bridgehead atoms. The van der Waals surface area contributed by atoms with E-state index in [-0.39, 0.29) is 5.41 Å². The number of allylic oxidation sites excluding steroid dienone is 1. The number of ether oxygens (including phenoxy) is 2. The zero-order chi connectivity index (χ0) is 15.3. The fourth-order valence-corrected chi connectivity index (χ4v) is 2.98. The van der Waals surface area contributed by atoms with E-state index in [1.165, 1.54) is 11.1 Å². The molecule has 0 N–H and O–H groups in total. The summed E-state index contributed by atoms with van der Waals surface area (Å²) >= 11 is 0. The summed E-state index contributed by atoms with van der Waals surface area (Å²) in [6.45, 7) is 6.24. The SMILES string of the molecule is C=CC1(c2cccc(OCc3ccccc3)c2)CCOCC1. The number of benzene rings is 2. The van der Waals surface area contributed by atoms with Crippen molar-refractivity contribution >= 4 is 0 Å². The minimum Gasteiger partial charge on any atom is -0.489 e. The molecular weight excluding hydrogens is 272 g/mol. The van der Waals surface area contributed by atoms with Crippen LogP contribution in [0.4, 0.5) is 0 Å². The third-order valence-electron chi connectivity index (χ3n) is 4.43. The lowest BCUT2D eigenvalue weighted by Crippen LogP contribution is -2.31. The smallest absolute Gasteiger partial charge is 0.120 e. The highest BCUT2D eigenvalue weighted by atomic mass is 16.5. The topological polar surface area (TPSA) is 18.5 Å². The van der Waals surface area contributed by atoms with E-state index in [0.29, 0.717) is 6.61 Å². The molecule has 3 rings (SSSR count). The summed E-state index contributed by atoms with van der Waals surface area (Å²) in [5, 5.41) is 0. The van der Waals surface area contributed by atoms with Gasteiger partial charge in [-0.25, -0.2) is 0 Å². The Bertz CT molecular complexity index is 613. The Morgan fingerprint density at radius 3 is 2.55 bits per heavy atom. The van der Waals surface area contributed by atoms with Crippen molar-refractivity contribution in [3.05, 3.63) is 78.4 Å². The monoisotopic (exact) mass is 294 g/mol. The van der Waals surface area contributed by atoms with Crippen molar-refractivity contribution in [2.24, 2.45) is 0 Å². The van der Waals surface area contributed by atoms with Crippen LogP contribution in [0.5, 0.6) is 5.75 Å².